The van der Waals surface area contributed by atoms with Crippen LogP contribution in [-0.2, 0) is 4.79 Å². The van der Waals surface area contributed by atoms with Gasteiger partial charge < -0.3 is 16.2 Å². The fourth-order valence-electron chi connectivity index (χ4n) is 0.406. The number of nitrogens with one attached hydrogen (secondary N) is 1. The molecule has 56 valence electrons. The lowest BCUT2D eigenvalue weighted by Crippen LogP contribution is -2.42. The van der Waals surface area contributed by atoms with Gasteiger partial charge in [-0.05, 0) is 5.92 Å². The molecule has 4 heteroatoms. The molecule has 0 aliphatic rings. The summed E-state index contributed by atoms with van der Waals surface area (Å²) in [5, 5.41) is 10.8. The van der Waals surface area contributed by atoms with Gasteiger partial charge in [-0.25, -0.2) is 0 Å². The summed E-state index contributed by atoms with van der Waals surface area (Å²) in [6, 6.07) is -0.427. The van der Waals surface area contributed by atoms with Gasteiger partial charge in [0, 0.05) is 6.54 Å². The third-order valence-corrected chi connectivity index (χ3v) is 0.971. The van der Waals surface area contributed by atoms with Crippen LogP contribution in [0.1, 0.15) is 0 Å². The Balaban J connectivity index is 3.65. The van der Waals surface area contributed by atoms with Crippen molar-refractivity contribution >= 4 is 5.91 Å². The molecule has 0 saturated carbocycles. The van der Waals surface area contributed by atoms with Crippen LogP contribution in [0.25, 0.3) is 0 Å². The molecule has 0 saturated heterocycles. The molecule has 4 nitrogen and oxygen atoms in total. The highest BCUT2D eigenvalue weighted by molar-refractivity contribution is 5.93. The number of terminal acetylenes is 1. The van der Waals surface area contributed by atoms with E-state index in [0.29, 0.717) is 0 Å². The Morgan fingerprint density at radius 1 is 1.90 bits per heavy atom. The average Bonchev–Trinajstić information content (AvgIpc) is 1.99. The minimum absolute atomic E-state index is 0.184. The number of rotatable bonds is 3. The van der Waals surface area contributed by atoms with Gasteiger partial charge in [-0.3, -0.25) is 4.79 Å². The Morgan fingerprint density at radius 3 is 2.80 bits per heavy atom. The molecule has 0 radical (unpaired) electrons. The molecular weight excluding hydrogens is 132 g/mol. The van der Waals surface area contributed by atoms with E-state index in [1.807, 2.05) is 5.92 Å². The summed E-state index contributed by atoms with van der Waals surface area (Å²) in [4.78, 5) is 10.4. The van der Waals surface area contributed by atoms with Crippen molar-refractivity contribution in [2.75, 3.05) is 13.2 Å². The van der Waals surface area contributed by atoms with E-state index in [1.165, 1.54) is 0 Å². The summed E-state index contributed by atoms with van der Waals surface area (Å²) in [5.41, 5.74) is 5.14. The van der Waals surface area contributed by atoms with E-state index in [-0.39, 0.29) is 13.2 Å². The average molecular weight is 142 g/mol. The van der Waals surface area contributed by atoms with Crippen LogP contribution >= 0.6 is 0 Å². The van der Waals surface area contributed by atoms with Gasteiger partial charge in [-0.2, -0.15) is 0 Å². The van der Waals surface area contributed by atoms with E-state index in [0.717, 1.165) is 0 Å². The van der Waals surface area contributed by atoms with E-state index in [2.05, 4.69) is 5.32 Å². The number of aliphatic hydroxyl groups is 1. The molecule has 0 aliphatic heterocycles. The van der Waals surface area contributed by atoms with E-state index in [4.69, 9.17) is 17.3 Å². The summed E-state index contributed by atoms with van der Waals surface area (Å²) in [6.45, 7) is -0.00611. The largest absolute Gasteiger partial charge is 0.394 e. The first kappa shape index (κ1) is 8.95. The molecule has 1 unspecified atom stereocenters. The van der Waals surface area contributed by atoms with Crippen molar-refractivity contribution in [3.05, 3.63) is 0 Å². The first-order valence-corrected chi connectivity index (χ1v) is 2.82. The lowest BCUT2D eigenvalue weighted by molar-refractivity contribution is -0.116. The maximum Gasteiger partial charge on any atom is 0.295 e. The van der Waals surface area contributed by atoms with Crippen molar-refractivity contribution in [1.29, 1.82) is 0 Å². The van der Waals surface area contributed by atoms with Crippen LogP contribution in [0.15, 0.2) is 0 Å². The van der Waals surface area contributed by atoms with Crippen molar-refractivity contribution in [2.24, 2.45) is 5.73 Å². The molecular formula is C6H10N2O2. The van der Waals surface area contributed by atoms with Gasteiger partial charge in [0.15, 0.2) is 0 Å². The standard InChI is InChI=1S/C6H10N2O2/c1-2-6(10)8-5(3-7)4-9/h1,5,9H,3-4,7H2,(H,8,10). The number of amides is 1. The number of hydrogen-bond donors (Lipinski definition) is 3. The molecule has 10 heavy (non-hydrogen) atoms. The van der Waals surface area contributed by atoms with Crippen LogP contribution in [-0.4, -0.2) is 30.2 Å². The van der Waals surface area contributed by atoms with Crippen molar-refractivity contribution in [3.8, 4) is 12.3 Å². The highest BCUT2D eigenvalue weighted by atomic mass is 16.3. The van der Waals surface area contributed by atoms with Crippen LogP contribution in [0.5, 0.6) is 0 Å². The van der Waals surface area contributed by atoms with Crippen LogP contribution in [0.4, 0.5) is 0 Å². The second-order valence-corrected chi connectivity index (χ2v) is 1.73. The lowest BCUT2D eigenvalue weighted by atomic mass is 10.3. The molecule has 0 heterocycles. The Kier molecular flexibility index (Phi) is 4.29. The summed E-state index contributed by atoms with van der Waals surface area (Å²) in [5.74, 6) is 1.30. The summed E-state index contributed by atoms with van der Waals surface area (Å²) in [7, 11) is 0. The maximum absolute atomic E-state index is 10.4. The molecule has 0 aromatic heterocycles. The van der Waals surface area contributed by atoms with E-state index < -0.39 is 11.9 Å². The fraction of sp³-hybridized carbons (Fsp3) is 0.500. The highest BCUT2D eigenvalue weighted by Crippen LogP contribution is 1.75. The van der Waals surface area contributed by atoms with Gasteiger partial charge in [0.05, 0.1) is 12.6 Å². The van der Waals surface area contributed by atoms with E-state index >= 15 is 0 Å². The van der Waals surface area contributed by atoms with Crippen LogP contribution in [0.2, 0.25) is 0 Å². The lowest BCUT2D eigenvalue weighted by Gasteiger charge is -2.10. The van der Waals surface area contributed by atoms with Crippen molar-refractivity contribution in [3.63, 3.8) is 0 Å². The zero-order chi connectivity index (χ0) is 7.98. The van der Waals surface area contributed by atoms with E-state index in [9.17, 15) is 4.79 Å². The van der Waals surface area contributed by atoms with Gasteiger partial charge in [0.1, 0.15) is 0 Å². The Hall–Kier alpha value is -1.05. The van der Waals surface area contributed by atoms with Crippen molar-refractivity contribution in [2.45, 2.75) is 6.04 Å². The molecule has 0 aliphatic carbocycles. The summed E-state index contributed by atoms with van der Waals surface area (Å²) < 4.78 is 0. The molecule has 0 spiro atoms. The summed E-state index contributed by atoms with van der Waals surface area (Å²) >= 11 is 0. The van der Waals surface area contributed by atoms with Gasteiger partial charge in [0.25, 0.3) is 5.91 Å². The molecule has 0 rings (SSSR count). The number of nitrogens with two attached hydrogens (primary N) is 1. The molecule has 0 aromatic carbocycles. The van der Waals surface area contributed by atoms with Gasteiger partial charge in [-0.1, -0.05) is 0 Å². The molecule has 1 amide bonds. The predicted molar refractivity (Wildman–Crippen MR) is 36.9 cm³/mol. The third-order valence-electron chi connectivity index (χ3n) is 0.971. The minimum atomic E-state index is -0.551. The monoisotopic (exact) mass is 142 g/mol. The zero-order valence-electron chi connectivity index (χ0n) is 5.50. The normalized spacial score (nSPS) is 11.7. The molecule has 0 bridgehead atoms. The third kappa shape index (κ3) is 3.07. The SMILES string of the molecule is C#CC(=O)NC(CN)CO. The molecule has 0 fully saturated rings. The predicted octanol–water partition coefficient (Wildman–Crippen LogP) is -1.94. The molecule has 1 atom stereocenters. The first-order valence-electron chi connectivity index (χ1n) is 2.82. The molecule has 4 N–H and O–H groups in total. The molecule has 0 aromatic rings. The van der Waals surface area contributed by atoms with Gasteiger partial charge >= 0.3 is 0 Å². The smallest absolute Gasteiger partial charge is 0.295 e. The number of carbonyl (C=O) groups is 1. The Morgan fingerprint density at radius 2 is 2.50 bits per heavy atom. The van der Waals surface area contributed by atoms with Gasteiger partial charge in [-0.15, -0.1) is 6.42 Å². The quantitative estimate of drug-likeness (QED) is 0.401. The second kappa shape index (κ2) is 4.79. The topological polar surface area (TPSA) is 75.4 Å². The number of aliphatic hydroxyl groups excluding tert-OH is 1. The first-order chi connectivity index (χ1) is 4.74. The number of carbonyl (C=O) groups excluding carboxylic acids is 1. The van der Waals surface area contributed by atoms with Crippen LogP contribution in [0.3, 0.4) is 0 Å². The minimum Gasteiger partial charge on any atom is -0.394 e. The maximum atomic E-state index is 10.4. The van der Waals surface area contributed by atoms with Crippen molar-refractivity contribution < 1.29 is 9.90 Å². The van der Waals surface area contributed by atoms with Gasteiger partial charge in [0.2, 0.25) is 0 Å². The van der Waals surface area contributed by atoms with Crippen molar-refractivity contribution in [1.82, 2.24) is 5.32 Å². The van der Waals surface area contributed by atoms with Crippen LogP contribution in [0, 0.1) is 12.3 Å². The fourth-order valence-corrected chi connectivity index (χ4v) is 0.406. The summed E-state index contributed by atoms with van der Waals surface area (Å²) in [6.07, 6.45) is 4.75. The second-order valence-electron chi connectivity index (χ2n) is 1.73. The van der Waals surface area contributed by atoms with E-state index in [1.54, 1.807) is 0 Å². The zero-order valence-corrected chi connectivity index (χ0v) is 5.50. The Labute approximate surface area is 59.4 Å². The number of hydrogen-bond acceptors (Lipinski definition) is 3. The van der Waals surface area contributed by atoms with Crippen LogP contribution < -0.4 is 11.1 Å². The highest BCUT2D eigenvalue weighted by Gasteiger charge is 2.05. The Bertz CT molecular complexity index is 146.